The molecule has 0 aliphatic heterocycles. The van der Waals surface area contributed by atoms with Gasteiger partial charge in [0.15, 0.2) is 0 Å². The molecule has 0 unspecified atom stereocenters. The van der Waals surface area contributed by atoms with Crippen molar-refractivity contribution in [2.45, 2.75) is 14.7 Å². The molecule has 0 amide bonds. The number of rotatable bonds is 3. The Balaban J connectivity index is 0.00000240. The normalized spacial score (nSPS) is 13.2. The Hall–Kier alpha value is -1.35. The average molecular weight is 466 g/mol. The summed E-state index contributed by atoms with van der Waals surface area (Å²) >= 11 is 0. The molecule has 0 radical (unpaired) electrons. The molecule has 13 heteroatoms. The van der Waals surface area contributed by atoms with Gasteiger partial charge in [-0.1, -0.05) is 30.3 Å². The monoisotopic (exact) mass is 466 g/mol. The molecule has 0 fully saturated rings. The zero-order chi connectivity index (χ0) is 20.6. The first kappa shape index (κ1) is 22.3. The molecule has 0 bridgehead atoms. The van der Waals surface area contributed by atoms with Crippen LogP contribution in [0.4, 0.5) is 0 Å². The fourth-order valence-electron chi connectivity index (χ4n) is 3.46. The molecule has 0 aliphatic rings. The Labute approximate surface area is 187 Å². The van der Waals surface area contributed by atoms with E-state index in [1.165, 1.54) is 30.3 Å². The van der Waals surface area contributed by atoms with Crippen molar-refractivity contribution in [2.24, 2.45) is 0 Å². The van der Waals surface area contributed by atoms with Gasteiger partial charge in [-0.25, -0.2) is 0 Å². The van der Waals surface area contributed by atoms with Crippen LogP contribution in [0, 0.1) is 0 Å². The molecule has 4 aromatic rings. The van der Waals surface area contributed by atoms with Crippen LogP contribution in [0.3, 0.4) is 0 Å². The molecule has 0 atom stereocenters. The van der Waals surface area contributed by atoms with E-state index in [-0.39, 0.29) is 56.5 Å². The van der Waals surface area contributed by atoms with Gasteiger partial charge < -0.3 is 0 Å². The van der Waals surface area contributed by atoms with Crippen molar-refractivity contribution in [1.82, 2.24) is 0 Å². The first-order chi connectivity index (χ1) is 12.8. The van der Waals surface area contributed by atoms with E-state index in [0.717, 1.165) is 6.07 Å². The summed E-state index contributed by atoms with van der Waals surface area (Å²) in [6.45, 7) is 0. The third-order valence-electron chi connectivity index (χ3n) is 4.50. The Morgan fingerprint density at radius 1 is 0.517 bits per heavy atom. The second-order valence-corrected chi connectivity index (χ2v) is 10.3. The van der Waals surface area contributed by atoms with Crippen molar-refractivity contribution in [3.8, 4) is 0 Å². The predicted molar refractivity (Wildman–Crippen MR) is 107 cm³/mol. The molecule has 0 aliphatic carbocycles. The Morgan fingerprint density at radius 3 is 1.34 bits per heavy atom. The van der Waals surface area contributed by atoms with E-state index in [9.17, 15) is 38.9 Å². The molecule has 0 saturated carbocycles. The molecule has 4 rings (SSSR count). The van der Waals surface area contributed by atoms with Gasteiger partial charge in [0.1, 0.15) is 14.7 Å². The number of benzene rings is 4. The first-order valence-corrected chi connectivity index (χ1v) is 11.8. The molecule has 3 N–H and O–H groups in total. The van der Waals surface area contributed by atoms with Crippen molar-refractivity contribution in [1.29, 1.82) is 0 Å². The second-order valence-electron chi connectivity index (χ2n) is 6.11. The minimum absolute atomic E-state index is 0. The van der Waals surface area contributed by atoms with E-state index in [0.29, 0.717) is 11.5 Å². The summed E-state index contributed by atoms with van der Waals surface area (Å²) in [7, 11) is -14.4. The Morgan fingerprint density at radius 2 is 0.897 bits per heavy atom. The zero-order valence-electron chi connectivity index (χ0n) is 13.6. The fraction of sp³-hybridized carbons (Fsp3) is 0. The van der Waals surface area contributed by atoms with E-state index in [2.05, 4.69) is 0 Å². The van der Waals surface area contributed by atoms with Gasteiger partial charge in [0.05, 0.1) is 0 Å². The third-order valence-corrected chi connectivity index (χ3v) is 7.20. The second kappa shape index (κ2) is 6.83. The summed E-state index contributed by atoms with van der Waals surface area (Å²) in [4.78, 5) is -1.99. The van der Waals surface area contributed by atoms with Gasteiger partial charge in [-0.3, -0.25) is 13.7 Å². The van der Waals surface area contributed by atoms with E-state index < -0.39 is 45.0 Å². The zero-order valence-corrected chi connectivity index (χ0v) is 16.0. The molecule has 148 valence electrons. The SMILES string of the molecule is O=S(=O)(O)c1ccc2ccc3c(S(=O)(=O)O)cc(S(=O)(=O)O)c4ccc1c2c34.[NaH]. The maximum atomic E-state index is 11.8. The summed E-state index contributed by atoms with van der Waals surface area (Å²) in [5.74, 6) is 0. The summed E-state index contributed by atoms with van der Waals surface area (Å²) in [6.07, 6.45) is 0. The van der Waals surface area contributed by atoms with Crippen LogP contribution in [0.2, 0.25) is 0 Å². The van der Waals surface area contributed by atoms with Crippen LogP contribution in [0.5, 0.6) is 0 Å². The minimum atomic E-state index is -4.89. The summed E-state index contributed by atoms with van der Waals surface area (Å²) in [5.41, 5.74) is 0. The van der Waals surface area contributed by atoms with Gasteiger partial charge >= 0.3 is 29.6 Å². The third kappa shape index (κ3) is 3.54. The summed E-state index contributed by atoms with van der Waals surface area (Å²) in [6, 6.07) is 8.37. The predicted octanol–water partition coefficient (Wildman–Crippen LogP) is 1.68. The standard InChI is InChI=1S/C16H10O9S3.Na.H/c17-26(18,19)12-6-2-8-1-3-10-13(27(20,21)22)7-14(28(23,24)25)11-5-4-9(12)15(8)16(10)11;;/h1-7H,(H,17,18,19)(H,20,21,22)(H,23,24,25);;. The molecule has 0 saturated heterocycles. The van der Waals surface area contributed by atoms with Gasteiger partial charge in [-0.15, -0.1) is 0 Å². The van der Waals surface area contributed by atoms with Crippen molar-refractivity contribution in [2.75, 3.05) is 0 Å². The van der Waals surface area contributed by atoms with Gasteiger partial charge in [-0.2, -0.15) is 25.3 Å². The Kier molecular flexibility index (Phi) is 5.26. The van der Waals surface area contributed by atoms with E-state index in [1.54, 1.807) is 0 Å². The van der Waals surface area contributed by atoms with Crippen LogP contribution in [0.25, 0.3) is 32.3 Å². The van der Waals surface area contributed by atoms with Gasteiger partial charge in [0.25, 0.3) is 30.4 Å². The van der Waals surface area contributed by atoms with Gasteiger partial charge in [0.2, 0.25) is 0 Å². The molecule has 0 spiro atoms. The first-order valence-electron chi connectivity index (χ1n) is 7.47. The van der Waals surface area contributed by atoms with Crippen LogP contribution >= 0.6 is 0 Å². The molecule has 29 heavy (non-hydrogen) atoms. The maximum absolute atomic E-state index is 11.8. The molecule has 0 aromatic heterocycles. The van der Waals surface area contributed by atoms with Gasteiger partial charge in [0, 0.05) is 21.5 Å². The van der Waals surface area contributed by atoms with Crippen LogP contribution in [0.15, 0.2) is 57.2 Å². The number of hydrogen-bond donors (Lipinski definition) is 3. The number of hydrogen-bond acceptors (Lipinski definition) is 6. The molecular formula is C16H11NaO9S3. The quantitative estimate of drug-likeness (QED) is 0.231. The van der Waals surface area contributed by atoms with Crippen LogP contribution < -0.4 is 0 Å². The fourth-order valence-corrected chi connectivity index (χ4v) is 5.65. The van der Waals surface area contributed by atoms with Crippen molar-refractivity contribution in [3.63, 3.8) is 0 Å². The molecular weight excluding hydrogens is 455 g/mol. The van der Waals surface area contributed by atoms with E-state index in [1.807, 2.05) is 0 Å². The van der Waals surface area contributed by atoms with Crippen molar-refractivity contribution < 1.29 is 38.9 Å². The van der Waals surface area contributed by atoms with Crippen molar-refractivity contribution in [3.05, 3.63) is 42.5 Å². The molecule has 9 nitrogen and oxygen atoms in total. The average Bonchev–Trinajstić information content (AvgIpc) is 2.55. The van der Waals surface area contributed by atoms with Crippen LogP contribution in [-0.2, 0) is 30.4 Å². The molecule has 0 heterocycles. The van der Waals surface area contributed by atoms with E-state index in [4.69, 9.17) is 0 Å². The van der Waals surface area contributed by atoms with Crippen molar-refractivity contribution >= 4 is 92.2 Å². The van der Waals surface area contributed by atoms with E-state index >= 15 is 0 Å². The molecule has 4 aromatic carbocycles. The Bertz CT molecular complexity index is 1570. The topological polar surface area (TPSA) is 163 Å². The van der Waals surface area contributed by atoms with Crippen LogP contribution in [-0.4, -0.2) is 68.5 Å². The van der Waals surface area contributed by atoms with Gasteiger partial charge in [-0.05, 0) is 22.9 Å². The summed E-state index contributed by atoms with van der Waals surface area (Å²) < 4.78 is 99.3. The summed E-state index contributed by atoms with van der Waals surface area (Å²) in [5, 5.41) is 0.455. The van der Waals surface area contributed by atoms with Crippen LogP contribution in [0.1, 0.15) is 0 Å².